The van der Waals surface area contributed by atoms with Crippen molar-refractivity contribution >= 4 is 5.65 Å². The summed E-state index contributed by atoms with van der Waals surface area (Å²) in [5.74, 6) is 1.28. The monoisotopic (exact) mass is 335 g/mol. The van der Waals surface area contributed by atoms with E-state index in [1.54, 1.807) is 0 Å². The molecule has 5 rings (SSSR count). The van der Waals surface area contributed by atoms with Gasteiger partial charge in [0.15, 0.2) is 0 Å². The Bertz CT molecular complexity index is 906. The summed E-state index contributed by atoms with van der Waals surface area (Å²) < 4.78 is 4.61. The van der Waals surface area contributed by atoms with Crippen molar-refractivity contribution in [2.75, 3.05) is 6.54 Å². The smallest absolute Gasteiger partial charge is 0.136 e. The maximum Gasteiger partial charge on any atom is 0.136 e. The topological polar surface area (TPSA) is 38.4 Å². The fourth-order valence-electron chi connectivity index (χ4n) is 4.66. The van der Waals surface area contributed by atoms with Crippen LogP contribution in [0.15, 0.2) is 30.6 Å². The van der Waals surface area contributed by atoms with Crippen molar-refractivity contribution in [3.05, 3.63) is 53.5 Å². The minimum Gasteiger partial charge on any atom is -0.334 e. The predicted octanol–water partition coefficient (Wildman–Crippen LogP) is 3.28. The number of aromatic nitrogens is 4. The first-order chi connectivity index (χ1) is 12.3. The molecule has 1 unspecified atom stereocenters. The number of pyridine rings is 1. The van der Waals surface area contributed by atoms with Gasteiger partial charge in [0, 0.05) is 37.4 Å². The second-order valence-electron chi connectivity index (χ2n) is 7.43. The van der Waals surface area contributed by atoms with Gasteiger partial charge in [-0.1, -0.05) is 6.07 Å². The molecule has 3 aromatic heterocycles. The Morgan fingerprint density at radius 1 is 1.16 bits per heavy atom. The van der Waals surface area contributed by atoms with Crippen LogP contribution >= 0.6 is 0 Å². The van der Waals surface area contributed by atoms with Crippen LogP contribution in [-0.2, 0) is 26.4 Å². The Kier molecular flexibility index (Phi) is 3.63. The van der Waals surface area contributed by atoms with Gasteiger partial charge in [-0.25, -0.2) is 9.97 Å². The number of fused-ring (bicyclic) bond motifs is 2. The third-order valence-corrected chi connectivity index (χ3v) is 5.95. The van der Waals surface area contributed by atoms with Crippen molar-refractivity contribution in [2.24, 2.45) is 7.05 Å². The quantitative estimate of drug-likeness (QED) is 0.737. The van der Waals surface area contributed by atoms with Crippen molar-refractivity contribution < 1.29 is 0 Å². The van der Waals surface area contributed by atoms with Crippen LogP contribution in [0.2, 0.25) is 0 Å². The summed E-state index contributed by atoms with van der Waals surface area (Å²) in [4.78, 5) is 12.1. The van der Waals surface area contributed by atoms with E-state index >= 15 is 0 Å². The number of hydrogen-bond donors (Lipinski definition) is 0. The van der Waals surface area contributed by atoms with E-state index in [0.29, 0.717) is 6.04 Å². The summed E-state index contributed by atoms with van der Waals surface area (Å²) in [5.41, 5.74) is 5.17. The average molecular weight is 335 g/mol. The SMILES string of the molecule is Cn1c(C2CCCN2Cc2cccc3nccn23)nc2c1CCCC2. The van der Waals surface area contributed by atoms with Gasteiger partial charge >= 0.3 is 0 Å². The lowest BCUT2D eigenvalue weighted by Crippen LogP contribution is -2.26. The van der Waals surface area contributed by atoms with Gasteiger partial charge in [-0.15, -0.1) is 0 Å². The molecular formula is C20H25N5. The van der Waals surface area contributed by atoms with Crippen LogP contribution in [-0.4, -0.2) is 30.4 Å². The third-order valence-electron chi connectivity index (χ3n) is 5.95. The van der Waals surface area contributed by atoms with Gasteiger partial charge in [-0.05, 0) is 57.2 Å². The zero-order valence-electron chi connectivity index (χ0n) is 14.9. The molecule has 0 saturated carbocycles. The van der Waals surface area contributed by atoms with E-state index in [1.807, 2.05) is 6.20 Å². The van der Waals surface area contributed by atoms with Crippen molar-refractivity contribution in [1.82, 2.24) is 23.8 Å². The molecule has 1 atom stereocenters. The van der Waals surface area contributed by atoms with Gasteiger partial charge in [0.2, 0.25) is 0 Å². The third kappa shape index (κ3) is 2.49. The van der Waals surface area contributed by atoms with Gasteiger partial charge in [0.05, 0.1) is 11.7 Å². The molecule has 2 aliphatic rings. The average Bonchev–Trinajstić information content (AvgIpc) is 3.34. The molecule has 0 spiro atoms. The first-order valence-corrected chi connectivity index (χ1v) is 9.50. The molecule has 0 N–H and O–H groups in total. The molecule has 0 bridgehead atoms. The molecule has 1 fully saturated rings. The highest BCUT2D eigenvalue weighted by atomic mass is 15.2. The Labute approximate surface area is 148 Å². The Morgan fingerprint density at radius 2 is 2.08 bits per heavy atom. The summed E-state index contributed by atoms with van der Waals surface area (Å²) in [6.07, 6.45) is 11.4. The number of nitrogens with zero attached hydrogens (tertiary/aromatic N) is 5. The molecule has 0 aromatic carbocycles. The minimum absolute atomic E-state index is 0.439. The van der Waals surface area contributed by atoms with Gasteiger partial charge < -0.3 is 8.97 Å². The predicted molar refractivity (Wildman–Crippen MR) is 97.4 cm³/mol. The standard InChI is InChI=1S/C20H25N5/c1-23-17-8-3-2-7-16(17)22-20(23)18-9-5-12-24(18)14-15-6-4-10-19-21-11-13-25(15)19/h4,6,10-11,13,18H,2-3,5,7-9,12,14H2,1H3. The minimum atomic E-state index is 0.439. The highest BCUT2D eigenvalue weighted by Gasteiger charge is 2.31. The molecule has 25 heavy (non-hydrogen) atoms. The van der Waals surface area contributed by atoms with E-state index in [2.05, 4.69) is 50.3 Å². The van der Waals surface area contributed by atoms with Crippen molar-refractivity contribution in [1.29, 1.82) is 0 Å². The summed E-state index contributed by atoms with van der Waals surface area (Å²) in [7, 11) is 2.22. The summed E-state index contributed by atoms with van der Waals surface area (Å²) in [6.45, 7) is 2.10. The largest absolute Gasteiger partial charge is 0.334 e. The molecular weight excluding hydrogens is 310 g/mol. The summed E-state index contributed by atoms with van der Waals surface area (Å²) in [5, 5.41) is 0. The normalized spacial score (nSPS) is 21.1. The second-order valence-corrected chi connectivity index (χ2v) is 7.43. The Hall–Kier alpha value is -2.14. The lowest BCUT2D eigenvalue weighted by Gasteiger charge is -2.24. The molecule has 4 heterocycles. The van der Waals surface area contributed by atoms with Crippen LogP contribution in [0.4, 0.5) is 0 Å². The van der Waals surface area contributed by atoms with Gasteiger partial charge in [0.1, 0.15) is 11.5 Å². The first-order valence-electron chi connectivity index (χ1n) is 9.50. The van der Waals surface area contributed by atoms with Crippen LogP contribution in [0, 0.1) is 0 Å². The van der Waals surface area contributed by atoms with E-state index < -0.39 is 0 Å². The van der Waals surface area contributed by atoms with Gasteiger partial charge in [-0.2, -0.15) is 0 Å². The van der Waals surface area contributed by atoms with Crippen LogP contribution < -0.4 is 0 Å². The highest BCUT2D eigenvalue weighted by molar-refractivity contribution is 5.39. The molecule has 5 heteroatoms. The van der Waals surface area contributed by atoms with Gasteiger partial charge in [0.25, 0.3) is 0 Å². The van der Waals surface area contributed by atoms with E-state index in [1.165, 1.54) is 55.0 Å². The maximum absolute atomic E-state index is 5.08. The zero-order valence-corrected chi connectivity index (χ0v) is 14.9. The summed E-state index contributed by atoms with van der Waals surface area (Å²) in [6, 6.07) is 6.84. The molecule has 5 nitrogen and oxygen atoms in total. The van der Waals surface area contributed by atoms with Crippen LogP contribution in [0.3, 0.4) is 0 Å². The molecule has 0 radical (unpaired) electrons. The zero-order chi connectivity index (χ0) is 16.8. The van der Waals surface area contributed by atoms with Crippen LogP contribution in [0.25, 0.3) is 5.65 Å². The van der Waals surface area contributed by atoms with Crippen molar-refractivity contribution in [2.45, 2.75) is 51.1 Å². The molecule has 3 aromatic rings. The van der Waals surface area contributed by atoms with E-state index in [-0.39, 0.29) is 0 Å². The van der Waals surface area contributed by atoms with Crippen LogP contribution in [0.5, 0.6) is 0 Å². The fourth-order valence-corrected chi connectivity index (χ4v) is 4.66. The molecule has 1 aliphatic carbocycles. The highest BCUT2D eigenvalue weighted by Crippen LogP contribution is 2.34. The number of imidazole rings is 2. The van der Waals surface area contributed by atoms with Crippen LogP contribution in [0.1, 0.15) is 54.6 Å². The molecule has 130 valence electrons. The van der Waals surface area contributed by atoms with Crippen molar-refractivity contribution in [3.8, 4) is 0 Å². The summed E-state index contributed by atoms with van der Waals surface area (Å²) >= 11 is 0. The number of aryl methyl sites for hydroxylation is 1. The van der Waals surface area contributed by atoms with E-state index in [9.17, 15) is 0 Å². The van der Waals surface area contributed by atoms with Gasteiger partial charge in [-0.3, -0.25) is 4.90 Å². The maximum atomic E-state index is 5.08. The lowest BCUT2D eigenvalue weighted by molar-refractivity contribution is 0.232. The Morgan fingerprint density at radius 3 is 3.00 bits per heavy atom. The molecule has 1 aliphatic heterocycles. The number of likely N-dealkylation sites (tertiary alicyclic amines) is 1. The molecule has 1 saturated heterocycles. The number of hydrogen-bond acceptors (Lipinski definition) is 3. The number of rotatable bonds is 3. The second kappa shape index (κ2) is 5.99. The van der Waals surface area contributed by atoms with Crippen molar-refractivity contribution in [3.63, 3.8) is 0 Å². The lowest BCUT2D eigenvalue weighted by atomic mass is 10.0. The van der Waals surface area contributed by atoms with E-state index in [4.69, 9.17) is 4.98 Å². The first kappa shape index (κ1) is 15.1. The fraction of sp³-hybridized carbons (Fsp3) is 0.500. The van der Waals surface area contributed by atoms with E-state index in [0.717, 1.165) is 25.2 Å². The Balaban J connectivity index is 1.46. The molecule has 0 amide bonds.